The molecule has 0 aromatic heterocycles. The third-order valence-electron chi connectivity index (χ3n) is 2.12. The van der Waals surface area contributed by atoms with Crippen molar-refractivity contribution in [3.63, 3.8) is 0 Å². The summed E-state index contributed by atoms with van der Waals surface area (Å²) in [6, 6.07) is 7.27. The number of aliphatic hydroxyl groups is 1. The van der Waals surface area contributed by atoms with Crippen LogP contribution in [0.1, 0.15) is 5.56 Å². The molecule has 4 N–H and O–H groups in total. The zero-order chi connectivity index (χ0) is 13.2. The van der Waals surface area contributed by atoms with Crippen LogP contribution < -0.4 is 11.1 Å². The average Bonchev–Trinajstić information content (AvgIpc) is 2.36. The molecule has 0 bridgehead atoms. The van der Waals surface area contributed by atoms with Crippen molar-refractivity contribution in [3.05, 3.63) is 35.9 Å². The van der Waals surface area contributed by atoms with Gasteiger partial charge in [-0.05, 0) is 23.8 Å². The minimum Gasteiger partial charge on any atom is -0.399 e. The summed E-state index contributed by atoms with van der Waals surface area (Å²) in [6.07, 6.45) is 3.14. The van der Waals surface area contributed by atoms with Crippen molar-refractivity contribution in [2.75, 3.05) is 32.1 Å². The molecule has 5 heteroatoms. The summed E-state index contributed by atoms with van der Waals surface area (Å²) in [5.41, 5.74) is 7.16. The molecule has 98 valence electrons. The number of nitrogen functional groups attached to an aromatic ring is 1. The predicted molar refractivity (Wildman–Crippen MR) is 70.8 cm³/mol. The van der Waals surface area contributed by atoms with Gasteiger partial charge in [-0.25, -0.2) is 0 Å². The van der Waals surface area contributed by atoms with Gasteiger partial charge in [-0.3, -0.25) is 4.79 Å². The molecule has 1 amide bonds. The Hall–Kier alpha value is -1.85. The van der Waals surface area contributed by atoms with E-state index in [9.17, 15) is 4.79 Å². The number of anilines is 1. The molecule has 1 rings (SSSR count). The third kappa shape index (κ3) is 6.03. The Morgan fingerprint density at radius 3 is 3.00 bits per heavy atom. The lowest BCUT2D eigenvalue weighted by atomic mass is 10.2. The van der Waals surface area contributed by atoms with Gasteiger partial charge in [0, 0.05) is 18.3 Å². The quantitative estimate of drug-likeness (QED) is 0.372. The first kappa shape index (κ1) is 14.2. The number of nitrogens with two attached hydrogens (primary N) is 1. The molecule has 0 aliphatic carbocycles. The Labute approximate surface area is 106 Å². The Morgan fingerprint density at radius 1 is 1.44 bits per heavy atom. The molecule has 0 radical (unpaired) electrons. The maximum absolute atomic E-state index is 11.4. The molecule has 0 aliphatic heterocycles. The zero-order valence-electron chi connectivity index (χ0n) is 10.1. The number of carbonyl (C=O) groups excluding carboxylic acids is 1. The largest absolute Gasteiger partial charge is 0.399 e. The second-order valence-corrected chi connectivity index (χ2v) is 3.63. The van der Waals surface area contributed by atoms with Crippen LogP contribution in [0.5, 0.6) is 0 Å². The smallest absolute Gasteiger partial charge is 0.244 e. The first-order valence-electron chi connectivity index (χ1n) is 5.72. The maximum atomic E-state index is 11.4. The van der Waals surface area contributed by atoms with Crippen molar-refractivity contribution < 1.29 is 14.6 Å². The van der Waals surface area contributed by atoms with Crippen molar-refractivity contribution in [2.24, 2.45) is 0 Å². The number of hydrogen-bond acceptors (Lipinski definition) is 4. The molecule has 5 nitrogen and oxygen atoms in total. The summed E-state index contributed by atoms with van der Waals surface area (Å²) in [5.74, 6) is -0.190. The van der Waals surface area contributed by atoms with Crippen LogP contribution in [-0.2, 0) is 9.53 Å². The number of carbonyl (C=O) groups is 1. The van der Waals surface area contributed by atoms with Gasteiger partial charge in [-0.15, -0.1) is 0 Å². The standard InChI is InChI=1S/C13H18N2O3/c14-12-3-1-2-11(10-12)4-5-13(17)15-6-8-18-9-7-16/h1-5,10,16H,6-9,14H2,(H,15,17)/b5-4+. The Kier molecular flexibility index (Phi) is 6.53. The van der Waals surface area contributed by atoms with E-state index >= 15 is 0 Å². The molecule has 0 aliphatic rings. The summed E-state index contributed by atoms with van der Waals surface area (Å²) in [5, 5.41) is 11.1. The number of amides is 1. The van der Waals surface area contributed by atoms with Crippen molar-refractivity contribution in [3.8, 4) is 0 Å². The summed E-state index contributed by atoms with van der Waals surface area (Å²) >= 11 is 0. The van der Waals surface area contributed by atoms with Crippen LogP contribution in [0.15, 0.2) is 30.3 Å². The normalized spacial score (nSPS) is 10.7. The van der Waals surface area contributed by atoms with Gasteiger partial charge in [0.05, 0.1) is 19.8 Å². The zero-order valence-corrected chi connectivity index (χ0v) is 10.1. The van der Waals surface area contributed by atoms with Crippen LogP contribution in [0, 0.1) is 0 Å². The molecule has 0 saturated heterocycles. The second kappa shape index (κ2) is 8.27. The topological polar surface area (TPSA) is 84.6 Å². The van der Waals surface area contributed by atoms with E-state index in [4.69, 9.17) is 15.6 Å². The molecule has 0 heterocycles. The summed E-state index contributed by atoms with van der Waals surface area (Å²) in [7, 11) is 0. The molecule has 0 fully saturated rings. The minimum absolute atomic E-state index is 0.0106. The highest BCUT2D eigenvalue weighted by atomic mass is 16.5. The van der Waals surface area contributed by atoms with E-state index in [1.54, 1.807) is 18.2 Å². The van der Waals surface area contributed by atoms with Gasteiger partial charge in [0.25, 0.3) is 0 Å². The second-order valence-electron chi connectivity index (χ2n) is 3.63. The molecule has 18 heavy (non-hydrogen) atoms. The lowest BCUT2D eigenvalue weighted by molar-refractivity contribution is -0.116. The van der Waals surface area contributed by atoms with E-state index in [0.29, 0.717) is 18.8 Å². The first-order chi connectivity index (χ1) is 8.72. The van der Waals surface area contributed by atoms with E-state index in [-0.39, 0.29) is 19.1 Å². The molecule has 0 unspecified atom stereocenters. The maximum Gasteiger partial charge on any atom is 0.244 e. The monoisotopic (exact) mass is 250 g/mol. The highest BCUT2D eigenvalue weighted by molar-refractivity contribution is 5.91. The number of benzene rings is 1. The van der Waals surface area contributed by atoms with Gasteiger partial charge in [0.2, 0.25) is 5.91 Å². The van der Waals surface area contributed by atoms with Crippen LogP contribution in [-0.4, -0.2) is 37.4 Å². The van der Waals surface area contributed by atoms with E-state index in [0.717, 1.165) is 5.56 Å². The van der Waals surface area contributed by atoms with Gasteiger partial charge in [-0.2, -0.15) is 0 Å². The van der Waals surface area contributed by atoms with Crippen molar-refractivity contribution in [2.45, 2.75) is 0 Å². The van der Waals surface area contributed by atoms with Crippen LogP contribution >= 0.6 is 0 Å². The van der Waals surface area contributed by atoms with Crippen LogP contribution in [0.3, 0.4) is 0 Å². The Bertz CT molecular complexity index is 405. The number of hydrogen-bond donors (Lipinski definition) is 3. The number of aliphatic hydroxyl groups excluding tert-OH is 1. The SMILES string of the molecule is Nc1cccc(/C=C/C(=O)NCCOCCO)c1. The molecule has 1 aromatic carbocycles. The average molecular weight is 250 g/mol. The van der Waals surface area contributed by atoms with Crippen LogP contribution in [0.2, 0.25) is 0 Å². The van der Waals surface area contributed by atoms with Gasteiger partial charge in [0.15, 0.2) is 0 Å². The Morgan fingerprint density at radius 2 is 2.28 bits per heavy atom. The first-order valence-corrected chi connectivity index (χ1v) is 5.72. The highest BCUT2D eigenvalue weighted by Crippen LogP contribution is 2.07. The fourth-order valence-electron chi connectivity index (χ4n) is 1.31. The lowest BCUT2D eigenvalue weighted by Crippen LogP contribution is -2.25. The van der Waals surface area contributed by atoms with Crippen molar-refractivity contribution in [1.29, 1.82) is 0 Å². The molecule has 1 aromatic rings. The van der Waals surface area contributed by atoms with Crippen LogP contribution in [0.25, 0.3) is 6.08 Å². The number of rotatable bonds is 7. The van der Waals surface area contributed by atoms with E-state index in [1.807, 2.05) is 12.1 Å². The third-order valence-corrected chi connectivity index (χ3v) is 2.12. The molecule has 0 spiro atoms. The fraction of sp³-hybridized carbons (Fsp3) is 0.308. The number of ether oxygens (including phenoxy) is 1. The van der Waals surface area contributed by atoms with E-state index < -0.39 is 0 Å². The summed E-state index contributed by atoms with van der Waals surface area (Å²) in [6.45, 7) is 1.08. The molecule has 0 saturated carbocycles. The van der Waals surface area contributed by atoms with Gasteiger partial charge in [0.1, 0.15) is 0 Å². The summed E-state index contributed by atoms with van der Waals surface area (Å²) < 4.78 is 5.01. The Balaban J connectivity index is 2.27. The number of nitrogens with one attached hydrogen (secondary N) is 1. The molecular weight excluding hydrogens is 232 g/mol. The van der Waals surface area contributed by atoms with E-state index in [1.165, 1.54) is 6.08 Å². The predicted octanol–water partition coefficient (Wildman–Crippen LogP) is 0.407. The molecular formula is C13H18N2O3. The summed E-state index contributed by atoms with van der Waals surface area (Å²) in [4.78, 5) is 11.4. The fourth-order valence-corrected chi connectivity index (χ4v) is 1.31. The van der Waals surface area contributed by atoms with Crippen LogP contribution in [0.4, 0.5) is 5.69 Å². The van der Waals surface area contributed by atoms with E-state index in [2.05, 4.69) is 5.32 Å². The van der Waals surface area contributed by atoms with Gasteiger partial charge in [-0.1, -0.05) is 12.1 Å². The minimum atomic E-state index is -0.190. The lowest BCUT2D eigenvalue weighted by Gasteiger charge is -2.02. The highest BCUT2D eigenvalue weighted by Gasteiger charge is 1.95. The molecule has 0 atom stereocenters. The van der Waals surface area contributed by atoms with Gasteiger partial charge < -0.3 is 20.9 Å². The van der Waals surface area contributed by atoms with Crippen molar-refractivity contribution >= 4 is 17.7 Å². The van der Waals surface area contributed by atoms with Crippen molar-refractivity contribution in [1.82, 2.24) is 5.32 Å². The van der Waals surface area contributed by atoms with Gasteiger partial charge >= 0.3 is 0 Å².